The van der Waals surface area contributed by atoms with Gasteiger partial charge in [-0.15, -0.1) is 11.3 Å². The van der Waals surface area contributed by atoms with E-state index in [1.165, 1.54) is 23.2 Å². The van der Waals surface area contributed by atoms with Crippen LogP contribution >= 0.6 is 35.3 Å². The Kier molecular flexibility index (Phi) is 5.17. The zero-order chi connectivity index (χ0) is 18.1. The van der Waals surface area contributed by atoms with Crippen molar-refractivity contribution in [2.24, 2.45) is 10.7 Å². The summed E-state index contributed by atoms with van der Waals surface area (Å²) >= 11 is 4.67. The first-order valence-corrected chi connectivity index (χ1v) is 10.8. The number of anilines is 1. The van der Waals surface area contributed by atoms with E-state index < -0.39 is 0 Å². The summed E-state index contributed by atoms with van der Waals surface area (Å²) in [5, 5.41) is 5.54. The number of thioether (sulfide) groups is 1. The average molecular weight is 405 g/mol. The molecule has 1 aromatic carbocycles. The van der Waals surface area contributed by atoms with Crippen molar-refractivity contribution >= 4 is 57.0 Å². The molecule has 3 heterocycles. The summed E-state index contributed by atoms with van der Waals surface area (Å²) in [4.78, 5) is 8.22. The number of nitrogens with two attached hydrogens (primary N) is 1. The molecule has 136 valence electrons. The van der Waals surface area contributed by atoms with Gasteiger partial charge in [0.15, 0.2) is 17.3 Å². The number of thiophene rings is 1. The van der Waals surface area contributed by atoms with Crippen LogP contribution in [0.3, 0.4) is 0 Å². The highest BCUT2D eigenvalue weighted by molar-refractivity contribution is 8.15. The maximum Gasteiger partial charge on any atom is 0.193 e. The molecule has 0 spiro atoms. The summed E-state index contributed by atoms with van der Waals surface area (Å²) in [5.74, 6) is 0. The van der Waals surface area contributed by atoms with Crippen molar-refractivity contribution < 1.29 is 4.18 Å². The third-order valence-electron chi connectivity index (χ3n) is 4.27. The molecule has 1 aliphatic heterocycles. The molecule has 0 radical (unpaired) electrons. The minimum absolute atomic E-state index is 0.384. The van der Waals surface area contributed by atoms with Crippen molar-refractivity contribution in [1.29, 1.82) is 0 Å². The van der Waals surface area contributed by atoms with E-state index in [1.54, 1.807) is 23.1 Å². The molecule has 8 heteroatoms. The lowest BCUT2D eigenvalue weighted by Crippen LogP contribution is -2.17. The van der Waals surface area contributed by atoms with E-state index >= 15 is 0 Å². The lowest BCUT2D eigenvalue weighted by Gasteiger charge is -2.17. The third-order valence-corrected chi connectivity index (χ3v) is 7.04. The number of aromatic amines is 1. The van der Waals surface area contributed by atoms with E-state index in [2.05, 4.69) is 35.1 Å². The monoisotopic (exact) mass is 404 g/mol. The molecule has 0 saturated carbocycles. The summed E-state index contributed by atoms with van der Waals surface area (Å²) in [7, 11) is 2.01. The van der Waals surface area contributed by atoms with Crippen molar-refractivity contribution in [3.8, 4) is 5.06 Å². The Morgan fingerprint density at radius 1 is 1.42 bits per heavy atom. The number of hydrogen-bond acceptors (Lipinski definition) is 7. The average Bonchev–Trinajstić information content (AvgIpc) is 3.39. The quantitative estimate of drug-likeness (QED) is 0.470. The molecule has 0 amide bonds. The first-order chi connectivity index (χ1) is 12.7. The molecule has 26 heavy (non-hydrogen) atoms. The van der Waals surface area contributed by atoms with Crippen LogP contribution < -0.4 is 14.2 Å². The Bertz CT molecular complexity index is 935. The van der Waals surface area contributed by atoms with Crippen LogP contribution in [-0.4, -0.2) is 35.4 Å². The number of nitrogens with zero attached hydrogens (tertiary/aromatic N) is 2. The molecule has 0 fully saturated rings. The van der Waals surface area contributed by atoms with Gasteiger partial charge >= 0.3 is 0 Å². The molecule has 4 rings (SSSR count). The van der Waals surface area contributed by atoms with Gasteiger partial charge in [0.2, 0.25) is 0 Å². The SMILES string of the molecule is Cc1ccc(N(C)SOc2cccs2)c2[nH]c(C3=NCC(CN)S3)cc12. The first kappa shape index (κ1) is 17.8. The molecular formula is C18H20N4OS3. The van der Waals surface area contributed by atoms with Crippen LogP contribution in [-0.2, 0) is 0 Å². The van der Waals surface area contributed by atoms with E-state index in [4.69, 9.17) is 9.92 Å². The van der Waals surface area contributed by atoms with Gasteiger partial charge in [0, 0.05) is 24.2 Å². The molecule has 3 aromatic rings. The summed E-state index contributed by atoms with van der Waals surface area (Å²) in [6.45, 7) is 3.58. The van der Waals surface area contributed by atoms with Crippen molar-refractivity contribution in [2.75, 3.05) is 24.4 Å². The first-order valence-electron chi connectivity index (χ1n) is 8.31. The summed E-state index contributed by atoms with van der Waals surface area (Å²) < 4.78 is 7.82. The zero-order valence-corrected chi connectivity index (χ0v) is 17.0. The molecule has 1 aliphatic rings. The lowest BCUT2D eigenvalue weighted by molar-refractivity contribution is 0.664. The standard InChI is InChI=1S/C18H20N4OS3/c1-11-5-6-15(22(2)26-23-16-4-3-7-24-16)17-13(11)8-14(21-17)18-20-10-12(9-19)25-18/h3-8,12,21H,9-10,19H2,1-2H3. The highest BCUT2D eigenvalue weighted by atomic mass is 32.2. The fourth-order valence-corrected chi connectivity index (χ4v) is 4.97. The van der Waals surface area contributed by atoms with Crippen LogP contribution in [0.4, 0.5) is 5.69 Å². The van der Waals surface area contributed by atoms with E-state index in [0.717, 1.165) is 33.5 Å². The number of aryl methyl sites for hydroxylation is 1. The molecule has 5 nitrogen and oxygen atoms in total. The molecule has 0 aliphatic carbocycles. The molecule has 0 saturated heterocycles. The Hall–Kier alpha value is -1.61. The molecule has 3 N–H and O–H groups in total. The maximum atomic E-state index is 5.78. The van der Waals surface area contributed by atoms with Crippen molar-refractivity contribution in [3.63, 3.8) is 0 Å². The van der Waals surface area contributed by atoms with Crippen LogP contribution in [0.2, 0.25) is 0 Å². The van der Waals surface area contributed by atoms with Gasteiger partial charge in [0.25, 0.3) is 0 Å². The van der Waals surface area contributed by atoms with Gasteiger partial charge in [-0.25, -0.2) is 0 Å². The number of hydrogen-bond donors (Lipinski definition) is 2. The Labute approximate surface area is 165 Å². The van der Waals surface area contributed by atoms with Gasteiger partial charge in [-0.1, -0.05) is 17.8 Å². The van der Waals surface area contributed by atoms with Gasteiger partial charge < -0.3 is 14.9 Å². The molecule has 1 atom stereocenters. The van der Waals surface area contributed by atoms with E-state index in [-0.39, 0.29) is 0 Å². The summed E-state index contributed by atoms with van der Waals surface area (Å²) in [6.07, 6.45) is 0. The molecule has 0 bridgehead atoms. The second-order valence-corrected chi connectivity index (χ2v) is 9.14. The minimum Gasteiger partial charge on any atom is -0.394 e. The number of aromatic nitrogens is 1. The topological polar surface area (TPSA) is 66.6 Å². The van der Waals surface area contributed by atoms with Gasteiger partial charge in [0.05, 0.1) is 23.4 Å². The van der Waals surface area contributed by atoms with Gasteiger partial charge in [-0.3, -0.25) is 9.30 Å². The van der Waals surface area contributed by atoms with Crippen molar-refractivity contribution in [2.45, 2.75) is 12.2 Å². The Balaban J connectivity index is 1.62. The molecule has 2 aromatic heterocycles. The lowest BCUT2D eigenvalue weighted by atomic mass is 10.1. The number of aliphatic imine (C=N–C) groups is 1. The fraction of sp³-hybridized carbons (Fsp3) is 0.278. The predicted molar refractivity (Wildman–Crippen MR) is 116 cm³/mol. The number of rotatable bonds is 6. The van der Waals surface area contributed by atoms with Crippen molar-refractivity contribution in [3.05, 3.63) is 47.0 Å². The van der Waals surface area contributed by atoms with Crippen LogP contribution in [0.1, 0.15) is 11.3 Å². The van der Waals surface area contributed by atoms with E-state index in [0.29, 0.717) is 11.8 Å². The smallest absolute Gasteiger partial charge is 0.193 e. The normalized spacial score (nSPS) is 16.9. The maximum absolute atomic E-state index is 5.78. The van der Waals surface area contributed by atoms with E-state index in [9.17, 15) is 0 Å². The van der Waals surface area contributed by atoms with Crippen LogP contribution in [0, 0.1) is 6.92 Å². The molecule has 1 unspecified atom stereocenters. The Morgan fingerprint density at radius 3 is 3.04 bits per heavy atom. The van der Waals surface area contributed by atoms with Crippen LogP contribution in [0.5, 0.6) is 5.06 Å². The Morgan fingerprint density at radius 2 is 2.31 bits per heavy atom. The number of fused-ring (bicyclic) bond motifs is 1. The van der Waals surface area contributed by atoms with Crippen LogP contribution in [0.25, 0.3) is 10.9 Å². The third kappa shape index (κ3) is 3.46. The largest absolute Gasteiger partial charge is 0.394 e. The zero-order valence-electron chi connectivity index (χ0n) is 14.6. The second-order valence-electron chi connectivity index (χ2n) is 6.08. The second kappa shape index (κ2) is 7.56. The van der Waals surface area contributed by atoms with Gasteiger partial charge in [-0.2, -0.15) is 0 Å². The van der Waals surface area contributed by atoms with Crippen LogP contribution in [0.15, 0.2) is 40.7 Å². The minimum atomic E-state index is 0.384. The van der Waals surface area contributed by atoms with Crippen molar-refractivity contribution in [1.82, 2.24) is 4.98 Å². The number of benzene rings is 1. The fourth-order valence-electron chi connectivity index (χ4n) is 2.85. The molecular weight excluding hydrogens is 384 g/mol. The highest BCUT2D eigenvalue weighted by Gasteiger charge is 2.22. The number of nitrogens with one attached hydrogen (secondary N) is 1. The number of H-pyrrole nitrogens is 1. The highest BCUT2D eigenvalue weighted by Crippen LogP contribution is 2.35. The van der Waals surface area contributed by atoms with E-state index in [1.807, 2.05) is 28.9 Å². The predicted octanol–water partition coefficient (Wildman–Crippen LogP) is 4.44. The summed E-state index contributed by atoms with van der Waals surface area (Å²) in [5.41, 5.74) is 10.3. The summed E-state index contributed by atoms with van der Waals surface area (Å²) in [6, 6.07) is 10.4. The van der Waals surface area contributed by atoms with Gasteiger partial charge in [0.1, 0.15) is 5.04 Å². The van der Waals surface area contributed by atoms with Gasteiger partial charge in [-0.05, 0) is 42.1 Å².